The van der Waals surface area contributed by atoms with Gasteiger partial charge >= 0.3 is 11.9 Å². The van der Waals surface area contributed by atoms with E-state index in [0.717, 1.165) is 9.87 Å². The molecule has 1 fully saturated rings. The van der Waals surface area contributed by atoms with Gasteiger partial charge in [0, 0.05) is 22.5 Å². The predicted octanol–water partition coefficient (Wildman–Crippen LogP) is 4.62. The zero-order valence-electron chi connectivity index (χ0n) is 17.7. The number of nitrogens with zero attached hydrogens (tertiary/aromatic N) is 1. The molecule has 0 amide bonds. The molecule has 2 aromatic carbocycles. The van der Waals surface area contributed by atoms with Crippen LogP contribution in [0.4, 0.5) is 0 Å². The van der Waals surface area contributed by atoms with Crippen LogP contribution in [0, 0.1) is 0 Å². The van der Waals surface area contributed by atoms with Gasteiger partial charge in [-0.25, -0.2) is 13.2 Å². The first-order valence-electron chi connectivity index (χ1n) is 9.80. The van der Waals surface area contributed by atoms with Crippen molar-refractivity contribution in [2.24, 2.45) is 0 Å². The fraction of sp³-hybridized carbons (Fsp3) is 0.364. The first-order valence-corrected chi connectivity index (χ1v) is 12.0. The minimum atomic E-state index is -4.25. The first-order chi connectivity index (χ1) is 14.7. The highest BCUT2D eigenvalue weighted by Gasteiger charge is 2.45. The molecule has 10 heteroatoms. The number of carboxylic acids is 2. The van der Waals surface area contributed by atoms with Crippen molar-refractivity contribution in [3.8, 4) is 0 Å². The highest BCUT2D eigenvalue weighted by Crippen LogP contribution is 2.39. The van der Waals surface area contributed by atoms with Gasteiger partial charge in [0.15, 0.2) is 0 Å². The number of benzene rings is 2. The minimum absolute atomic E-state index is 0.0385. The molecule has 0 aromatic heterocycles. The maximum atomic E-state index is 13.3. The van der Waals surface area contributed by atoms with Gasteiger partial charge in [-0.15, -0.1) is 0 Å². The lowest BCUT2D eigenvalue weighted by Gasteiger charge is -2.22. The van der Waals surface area contributed by atoms with Gasteiger partial charge in [0.2, 0.25) is 10.0 Å². The Morgan fingerprint density at radius 1 is 1.03 bits per heavy atom. The van der Waals surface area contributed by atoms with E-state index in [1.165, 1.54) is 18.2 Å². The molecule has 1 aliphatic heterocycles. The van der Waals surface area contributed by atoms with E-state index in [-0.39, 0.29) is 38.9 Å². The third kappa shape index (κ3) is 4.78. The van der Waals surface area contributed by atoms with Crippen LogP contribution in [0.2, 0.25) is 10.0 Å². The van der Waals surface area contributed by atoms with Gasteiger partial charge in [-0.2, -0.15) is 4.31 Å². The van der Waals surface area contributed by atoms with Crippen molar-refractivity contribution in [3.63, 3.8) is 0 Å². The SMILES string of the molecule is CC(C)(C)c1ccc([C@H]2C[C@@H](C(=O)O)N(S(=O)(=O)c3cc(Cl)cc(Cl)c3)C2)c(C(=O)O)c1. The van der Waals surface area contributed by atoms with E-state index in [1.807, 2.05) is 20.8 Å². The Hall–Kier alpha value is -2.13. The molecule has 2 aromatic rings. The van der Waals surface area contributed by atoms with Crippen molar-refractivity contribution < 1.29 is 28.2 Å². The highest BCUT2D eigenvalue weighted by atomic mass is 35.5. The summed E-state index contributed by atoms with van der Waals surface area (Å²) in [4.78, 5) is 23.7. The van der Waals surface area contributed by atoms with Crippen molar-refractivity contribution >= 4 is 45.2 Å². The summed E-state index contributed by atoms with van der Waals surface area (Å²) in [5.41, 5.74) is 0.961. The average Bonchev–Trinajstić information content (AvgIpc) is 3.12. The minimum Gasteiger partial charge on any atom is -0.480 e. The number of aromatic carboxylic acids is 1. The van der Waals surface area contributed by atoms with Crippen LogP contribution in [-0.2, 0) is 20.2 Å². The fourth-order valence-electron chi connectivity index (χ4n) is 3.90. The van der Waals surface area contributed by atoms with Crippen molar-refractivity contribution in [3.05, 3.63) is 63.1 Å². The number of halogens is 2. The molecule has 0 bridgehead atoms. The standard InChI is InChI=1S/C22H23Cl2NO6S/c1-22(2,3)13-4-5-17(18(7-13)20(26)27)12-6-19(21(28)29)25(11-12)32(30,31)16-9-14(23)8-15(24)10-16/h4-5,7-10,12,19H,6,11H2,1-3H3,(H,26,27)(H,28,29)/t12-,19-/m0/s1. The van der Waals surface area contributed by atoms with Crippen LogP contribution >= 0.6 is 23.2 Å². The van der Waals surface area contributed by atoms with Gasteiger partial charge in [-0.1, -0.05) is 56.1 Å². The van der Waals surface area contributed by atoms with E-state index < -0.39 is 33.9 Å². The fourth-order valence-corrected chi connectivity index (χ4v) is 6.26. The Bertz CT molecular complexity index is 1170. The molecule has 2 atom stereocenters. The molecule has 0 radical (unpaired) electrons. The van der Waals surface area contributed by atoms with Gasteiger partial charge in [-0.05, 0) is 47.2 Å². The number of hydrogen-bond acceptors (Lipinski definition) is 4. The molecule has 7 nitrogen and oxygen atoms in total. The van der Waals surface area contributed by atoms with Crippen LogP contribution in [-0.4, -0.2) is 47.5 Å². The smallest absolute Gasteiger partial charge is 0.335 e. The van der Waals surface area contributed by atoms with Crippen LogP contribution < -0.4 is 0 Å². The number of carboxylic acid groups (broad SMARTS) is 2. The second kappa shape index (κ2) is 8.67. The molecule has 2 N–H and O–H groups in total. The lowest BCUT2D eigenvalue weighted by molar-refractivity contribution is -0.140. The van der Waals surface area contributed by atoms with E-state index in [2.05, 4.69) is 0 Å². The van der Waals surface area contributed by atoms with Crippen molar-refractivity contribution in [1.82, 2.24) is 4.31 Å². The van der Waals surface area contributed by atoms with Crippen LogP contribution in [0.25, 0.3) is 0 Å². The van der Waals surface area contributed by atoms with Crippen LogP contribution in [0.3, 0.4) is 0 Å². The molecule has 0 unspecified atom stereocenters. The number of rotatable bonds is 5. The molecule has 0 saturated carbocycles. The second-order valence-corrected chi connectivity index (χ2v) is 11.6. The Balaban J connectivity index is 2.06. The third-order valence-corrected chi connectivity index (χ3v) is 7.86. The van der Waals surface area contributed by atoms with E-state index in [9.17, 15) is 28.2 Å². The van der Waals surface area contributed by atoms with Crippen molar-refractivity contribution in [2.45, 2.75) is 49.5 Å². The lowest BCUT2D eigenvalue weighted by Crippen LogP contribution is -2.40. The summed E-state index contributed by atoms with van der Waals surface area (Å²) in [6, 6.07) is 7.45. The maximum Gasteiger partial charge on any atom is 0.335 e. The number of carbonyl (C=O) groups is 2. The van der Waals surface area contributed by atoms with Gasteiger partial charge in [-0.3, -0.25) is 4.79 Å². The Morgan fingerprint density at radius 3 is 2.12 bits per heavy atom. The van der Waals surface area contributed by atoms with Crippen molar-refractivity contribution in [2.75, 3.05) is 6.54 Å². The Morgan fingerprint density at radius 2 is 1.62 bits per heavy atom. The van der Waals surface area contributed by atoms with E-state index in [0.29, 0.717) is 5.56 Å². The zero-order valence-corrected chi connectivity index (χ0v) is 20.0. The summed E-state index contributed by atoms with van der Waals surface area (Å²) in [7, 11) is -4.25. The number of aliphatic carboxylic acids is 1. The molecule has 1 saturated heterocycles. The second-order valence-electron chi connectivity index (χ2n) is 8.82. The van der Waals surface area contributed by atoms with Gasteiger partial charge in [0.1, 0.15) is 6.04 Å². The average molecular weight is 500 g/mol. The molecule has 1 heterocycles. The number of hydrogen-bond donors (Lipinski definition) is 2. The van der Waals surface area contributed by atoms with Crippen LogP contribution in [0.15, 0.2) is 41.3 Å². The van der Waals surface area contributed by atoms with E-state index in [4.69, 9.17) is 23.2 Å². The summed E-state index contributed by atoms with van der Waals surface area (Å²) in [6.45, 7) is 5.68. The monoisotopic (exact) mass is 499 g/mol. The van der Waals surface area contributed by atoms with Crippen LogP contribution in [0.1, 0.15) is 54.6 Å². The molecule has 0 aliphatic carbocycles. The summed E-state index contributed by atoms with van der Waals surface area (Å²) in [5.74, 6) is -3.08. The number of sulfonamides is 1. The molecule has 172 valence electrons. The van der Waals surface area contributed by atoms with Gasteiger partial charge in [0.25, 0.3) is 0 Å². The highest BCUT2D eigenvalue weighted by molar-refractivity contribution is 7.89. The zero-order chi connectivity index (χ0) is 24.0. The van der Waals surface area contributed by atoms with Gasteiger partial charge in [0.05, 0.1) is 10.5 Å². The van der Waals surface area contributed by atoms with E-state index >= 15 is 0 Å². The Kier molecular flexibility index (Phi) is 6.64. The molecule has 3 rings (SSSR count). The third-order valence-electron chi connectivity index (χ3n) is 5.57. The molecular formula is C22H23Cl2NO6S. The maximum absolute atomic E-state index is 13.3. The largest absolute Gasteiger partial charge is 0.480 e. The lowest BCUT2D eigenvalue weighted by atomic mass is 9.83. The molecule has 32 heavy (non-hydrogen) atoms. The normalized spacial score (nSPS) is 19.8. The topological polar surface area (TPSA) is 112 Å². The quantitative estimate of drug-likeness (QED) is 0.620. The molecule has 0 spiro atoms. The van der Waals surface area contributed by atoms with E-state index in [1.54, 1.807) is 18.2 Å². The molecular weight excluding hydrogens is 477 g/mol. The van der Waals surface area contributed by atoms with Gasteiger partial charge < -0.3 is 10.2 Å². The van der Waals surface area contributed by atoms with Crippen molar-refractivity contribution in [1.29, 1.82) is 0 Å². The summed E-state index contributed by atoms with van der Waals surface area (Å²) < 4.78 is 27.4. The molecule has 1 aliphatic rings. The summed E-state index contributed by atoms with van der Waals surface area (Å²) in [6.07, 6.45) is -0.0575. The predicted molar refractivity (Wildman–Crippen MR) is 121 cm³/mol. The Labute approximate surface area is 196 Å². The summed E-state index contributed by atoms with van der Waals surface area (Å²) in [5, 5.41) is 19.7. The van der Waals surface area contributed by atoms with Crippen LogP contribution in [0.5, 0.6) is 0 Å². The summed E-state index contributed by atoms with van der Waals surface area (Å²) >= 11 is 11.9. The first kappa shape index (κ1) is 24.5.